The number of hydrogen-bond acceptors (Lipinski definition) is 4. The molecule has 1 aromatic heterocycles. The third-order valence-corrected chi connectivity index (χ3v) is 5.39. The number of anilines is 1. The lowest BCUT2D eigenvalue weighted by molar-refractivity contribution is -0.118. The molecule has 0 radical (unpaired) electrons. The normalized spacial score (nSPS) is 10.8. The van der Waals surface area contributed by atoms with E-state index in [0.29, 0.717) is 43.6 Å². The van der Waals surface area contributed by atoms with Crippen LogP contribution in [0.15, 0.2) is 76.1 Å². The van der Waals surface area contributed by atoms with Crippen molar-refractivity contribution in [1.29, 1.82) is 0 Å². The van der Waals surface area contributed by atoms with Crippen molar-refractivity contribution in [2.24, 2.45) is 0 Å². The second-order valence-corrected chi connectivity index (χ2v) is 7.79. The van der Waals surface area contributed by atoms with Crippen LogP contribution in [-0.2, 0) is 4.79 Å². The van der Waals surface area contributed by atoms with Crippen LogP contribution in [0.1, 0.15) is 5.56 Å². The van der Waals surface area contributed by atoms with Gasteiger partial charge in [0.1, 0.15) is 17.6 Å². The molecule has 0 fully saturated rings. The lowest BCUT2D eigenvalue weighted by Crippen LogP contribution is -2.20. The van der Waals surface area contributed by atoms with Crippen molar-refractivity contribution >= 4 is 45.8 Å². The van der Waals surface area contributed by atoms with Crippen molar-refractivity contribution in [1.82, 2.24) is 0 Å². The van der Waals surface area contributed by atoms with E-state index in [1.54, 1.807) is 54.6 Å². The Bertz CT molecular complexity index is 1330. The zero-order valence-electron chi connectivity index (χ0n) is 16.4. The van der Waals surface area contributed by atoms with Crippen LogP contribution in [0, 0.1) is 6.92 Å². The van der Waals surface area contributed by atoms with Gasteiger partial charge in [-0.05, 0) is 54.4 Å². The van der Waals surface area contributed by atoms with Gasteiger partial charge in [0.2, 0.25) is 0 Å². The molecule has 3 aromatic carbocycles. The van der Waals surface area contributed by atoms with Gasteiger partial charge in [-0.1, -0.05) is 41.4 Å². The molecule has 0 bridgehead atoms. The van der Waals surface area contributed by atoms with Crippen LogP contribution in [0.5, 0.6) is 5.75 Å². The van der Waals surface area contributed by atoms with E-state index < -0.39 is 0 Å². The maximum absolute atomic E-state index is 12.8. The van der Waals surface area contributed by atoms with Crippen LogP contribution in [0.3, 0.4) is 0 Å². The number of halogens is 2. The molecule has 156 valence electrons. The molecule has 1 N–H and O–H groups in total. The predicted octanol–water partition coefficient (Wildman–Crippen LogP) is 6.09. The molecule has 0 spiro atoms. The zero-order valence-corrected chi connectivity index (χ0v) is 18.0. The Morgan fingerprint density at radius 3 is 2.55 bits per heavy atom. The average molecular weight is 454 g/mol. The second-order valence-electron chi connectivity index (χ2n) is 6.94. The highest BCUT2D eigenvalue weighted by Gasteiger charge is 2.11. The van der Waals surface area contributed by atoms with Gasteiger partial charge in [-0.3, -0.25) is 9.59 Å². The summed E-state index contributed by atoms with van der Waals surface area (Å²) in [4.78, 5) is 25.0. The molecular formula is C24H17Cl2NO4. The van der Waals surface area contributed by atoms with E-state index in [1.165, 1.54) is 6.26 Å². The molecule has 0 atom stereocenters. The highest BCUT2D eigenvalue weighted by molar-refractivity contribution is 6.31. The molecule has 5 nitrogen and oxygen atoms in total. The van der Waals surface area contributed by atoms with Gasteiger partial charge in [-0.15, -0.1) is 0 Å². The van der Waals surface area contributed by atoms with Crippen molar-refractivity contribution in [3.8, 4) is 16.9 Å². The first kappa shape index (κ1) is 21.0. The summed E-state index contributed by atoms with van der Waals surface area (Å²) >= 11 is 12.0. The number of ether oxygens (including phenoxy) is 1. The minimum Gasteiger partial charge on any atom is -0.484 e. The van der Waals surface area contributed by atoms with Crippen molar-refractivity contribution in [3.63, 3.8) is 0 Å². The standard InChI is InChI=1S/C24H17Cl2NO4/c1-14-2-7-17(10-21(14)26)27-23(28)13-30-18-8-9-19-22(11-18)31-12-20(24(19)29)15-3-5-16(25)6-4-15/h2-12H,13H2,1H3,(H,27,28). The topological polar surface area (TPSA) is 68.5 Å². The lowest BCUT2D eigenvalue weighted by atomic mass is 10.1. The molecule has 0 unspecified atom stereocenters. The quantitative estimate of drug-likeness (QED) is 0.396. The molecule has 0 saturated carbocycles. The summed E-state index contributed by atoms with van der Waals surface area (Å²) in [5.41, 5.74) is 2.87. The Hall–Kier alpha value is -3.28. The Balaban J connectivity index is 1.48. The SMILES string of the molecule is Cc1ccc(NC(=O)COc2ccc3c(=O)c(-c4ccc(Cl)cc4)coc3c2)cc1Cl. The van der Waals surface area contributed by atoms with E-state index in [2.05, 4.69) is 5.32 Å². The van der Waals surface area contributed by atoms with Crippen LogP contribution in [0.4, 0.5) is 5.69 Å². The highest BCUT2D eigenvalue weighted by Crippen LogP contribution is 2.24. The Morgan fingerprint density at radius 1 is 1.03 bits per heavy atom. The minimum atomic E-state index is -0.334. The van der Waals surface area contributed by atoms with Crippen molar-refractivity contribution < 1.29 is 13.9 Å². The Morgan fingerprint density at radius 2 is 1.81 bits per heavy atom. The summed E-state index contributed by atoms with van der Waals surface area (Å²) < 4.78 is 11.2. The molecule has 1 heterocycles. The number of aryl methyl sites for hydroxylation is 1. The first-order chi connectivity index (χ1) is 14.9. The van der Waals surface area contributed by atoms with Gasteiger partial charge >= 0.3 is 0 Å². The van der Waals surface area contributed by atoms with Gasteiger partial charge in [0.15, 0.2) is 12.0 Å². The van der Waals surface area contributed by atoms with Gasteiger partial charge in [0.25, 0.3) is 5.91 Å². The predicted molar refractivity (Wildman–Crippen MR) is 123 cm³/mol. The number of amides is 1. The van der Waals surface area contributed by atoms with Gasteiger partial charge in [0, 0.05) is 21.8 Å². The largest absolute Gasteiger partial charge is 0.484 e. The first-order valence-electron chi connectivity index (χ1n) is 9.41. The molecule has 31 heavy (non-hydrogen) atoms. The number of hydrogen-bond donors (Lipinski definition) is 1. The van der Waals surface area contributed by atoms with Gasteiger partial charge in [-0.25, -0.2) is 0 Å². The molecule has 7 heteroatoms. The number of benzene rings is 3. The molecule has 4 rings (SSSR count). The molecule has 0 saturated heterocycles. The summed E-state index contributed by atoms with van der Waals surface area (Å²) in [5.74, 6) is 0.0755. The van der Waals surface area contributed by atoms with Crippen molar-refractivity contribution in [2.45, 2.75) is 6.92 Å². The number of fused-ring (bicyclic) bond motifs is 1. The van der Waals surface area contributed by atoms with Crippen LogP contribution in [0.2, 0.25) is 10.0 Å². The van der Waals surface area contributed by atoms with Crippen molar-refractivity contribution in [2.75, 3.05) is 11.9 Å². The highest BCUT2D eigenvalue weighted by atomic mass is 35.5. The monoisotopic (exact) mass is 453 g/mol. The maximum Gasteiger partial charge on any atom is 0.262 e. The van der Waals surface area contributed by atoms with E-state index in [4.69, 9.17) is 32.4 Å². The number of carbonyl (C=O) groups is 1. The fourth-order valence-electron chi connectivity index (χ4n) is 3.04. The van der Waals surface area contributed by atoms with Crippen molar-refractivity contribution in [3.05, 3.63) is 92.8 Å². The number of rotatable bonds is 5. The lowest BCUT2D eigenvalue weighted by Gasteiger charge is -2.09. The van der Waals surface area contributed by atoms with E-state index >= 15 is 0 Å². The minimum absolute atomic E-state index is 0.163. The third-order valence-electron chi connectivity index (χ3n) is 4.73. The van der Waals surface area contributed by atoms with E-state index in [9.17, 15) is 9.59 Å². The van der Waals surface area contributed by atoms with Crippen LogP contribution >= 0.6 is 23.2 Å². The summed E-state index contributed by atoms with van der Waals surface area (Å²) in [7, 11) is 0. The zero-order chi connectivity index (χ0) is 22.0. The smallest absolute Gasteiger partial charge is 0.262 e. The molecule has 4 aromatic rings. The van der Waals surface area contributed by atoms with Crippen LogP contribution in [0.25, 0.3) is 22.1 Å². The van der Waals surface area contributed by atoms with Gasteiger partial charge in [-0.2, -0.15) is 0 Å². The van der Waals surface area contributed by atoms with Crippen LogP contribution in [-0.4, -0.2) is 12.5 Å². The second kappa shape index (κ2) is 8.84. The van der Waals surface area contributed by atoms with E-state index in [0.717, 1.165) is 5.56 Å². The molecule has 0 aliphatic carbocycles. The Labute approximate surface area is 188 Å². The third kappa shape index (κ3) is 4.74. The van der Waals surface area contributed by atoms with Gasteiger partial charge < -0.3 is 14.5 Å². The number of nitrogens with one attached hydrogen (secondary N) is 1. The van der Waals surface area contributed by atoms with E-state index in [-0.39, 0.29) is 17.9 Å². The first-order valence-corrected chi connectivity index (χ1v) is 10.2. The summed E-state index contributed by atoms with van der Waals surface area (Å²) in [6.45, 7) is 1.68. The summed E-state index contributed by atoms with van der Waals surface area (Å²) in [6.07, 6.45) is 1.41. The fourth-order valence-corrected chi connectivity index (χ4v) is 3.35. The van der Waals surface area contributed by atoms with Gasteiger partial charge in [0.05, 0.1) is 10.9 Å². The Kier molecular flexibility index (Phi) is 5.98. The summed E-state index contributed by atoms with van der Waals surface area (Å²) in [5, 5.41) is 4.30. The summed E-state index contributed by atoms with van der Waals surface area (Å²) in [6, 6.07) is 17.0. The average Bonchev–Trinajstić information content (AvgIpc) is 2.76. The fraction of sp³-hybridized carbons (Fsp3) is 0.0833. The van der Waals surface area contributed by atoms with Crippen LogP contribution < -0.4 is 15.5 Å². The maximum atomic E-state index is 12.8. The molecular weight excluding hydrogens is 437 g/mol. The molecule has 0 aliphatic rings. The molecule has 1 amide bonds. The number of carbonyl (C=O) groups excluding carboxylic acids is 1. The van der Waals surface area contributed by atoms with E-state index in [1.807, 2.05) is 13.0 Å². The molecule has 0 aliphatic heterocycles.